The summed E-state index contributed by atoms with van der Waals surface area (Å²) in [5.41, 5.74) is 0. The van der Waals surface area contributed by atoms with E-state index >= 15 is 0 Å². The van der Waals surface area contributed by atoms with Crippen LogP contribution in [0.15, 0.2) is 27.8 Å². The molecule has 1 rings (SSSR count). The smallest absolute Gasteiger partial charge is 0.0411 e. The Bertz CT molecular complexity index is 227. The van der Waals surface area contributed by atoms with Crippen LogP contribution in [0.3, 0.4) is 0 Å². The van der Waals surface area contributed by atoms with E-state index in [1.807, 2.05) is 18.0 Å². The first-order chi connectivity index (χ1) is 5.33. The molecule has 3 heteroatoms. The minimum Gasteiger partial charge on any atom is -0.262 e. The van der Waals surface area contributed by atoms with E-state index in [0.29, 0.717) is 0 Å². The van der Waals surface area contributed by atoms with Crippen molar-refractivity contribution in [3.8, 4) is 0 Å². The van der Waals surface area contributed by atoms with E-state index in [1.165, 1.54) is 11.3 Å². The lowest BCUT2D eigenvalue weighted by atomic mass is 10.5. The van der Waals surface area contributed by atoms with Gasteiger partial charge in [-0.1, -0.05) is 6.92 Å². The van der Waals surface area contributed by atoms with Gasteiger partial charge in [0.05, 0.1) is 0 Å². The number of pyridine rings is 1. The molecule has 0 unspecified atom stereocenters. The molecule has 0 atom stereocenters. The molecule has 60 valence electrons. The highest BCUT2D eigenvalue weighted by Crippen LogP contribution is 2.20. The van der Waals surface area contributed by atoms with Gasteiger partial charge in [-0.3, -0.25) is 4.98 Å². The maximum atomic E-state index is 4.07. The maximum Gasteiger partial charge on any atom is 0.0411 e. The van der Waals surface area contributed by atoms with Crippen LogP contribution in [0.2, 0.25) is 0 Å². The Labute approximate surface area is 79.7 Å². The summed E-state index contributed by atoms with van der Waals surface area (Å²) in [4.78, 5) is 5.31. The fraction of sp³-hybridized carbons (Fsp3) is 0.375. The largest absolute Gasteiger partial charge is 0.262 e. The quantitative estimate of drug-likeness (QED) is 0.741. The maximum absolute atomic E-state index is 4.07. The first-order valence-corrected chi connectivity index (χ1v) is 5.34. The minimum atomic E-state index is 1.05. The zero-order valence-corrected chi connectivity index (χ0v) is 8.78. The van der Waals surface area contributed by atoms with Crippen molar-refractivity contribution >= 4 is 27.7 Å². The van der Waals surface area contributed by atoms with Gasteiger partial charge in [0.1, 0.15) is 0 Å². The molecule has 1 nitrogen and oxygen atoms in total. The number of thioether (sulfide) groups is 1. The average Bonchev–Trinajstić information content (AvgIpc) is 2.01. The van der Waals surface area contributed by atoms with Crippen molar-refractivity contribution in [2.45, 2.75) is 18.2 Å². The van der Waals surface area contributed by atoms with Crippen molar-refractivity contribution in [1.29, 1.82) is 0 Å². The summed E-state index contributed by atoms with van der Waals surface area (Å²) in [6, 6.07) is 2.09. The summed E-state index contributed by atoms with van der Waals surface area (Å²) >= 11 is 5.22. The predicted octanol–water partition coefficient (Wildman–Crippen LogP) is 3.35. The third-order valence-electron chi connectivity index (χ3n) is 1.15. The Morgan fingerprint density at radius 1 is 1.55 bits per heavy atom. The third-order valence-corrected chi connectivity index (χ3v) is 2.76. The van der Waals surface area contributed by atoms with Crippen molar-refractivity contribution in [1.82, 2.24) is 4.98 Å². The Morgan fingerprint density at radius 2 is 2.36 bits per heavy atom. The second-order valence-corrected chi connectivity index (χ2v) is 4.27. The summed E-state index contributed by atoms with van der Waals surface area (Å²) in [5, 5.41) is 0. The Kier molecular flexibility index (Phi) is 3.94. The van der Waals surface area contributed by atoms with E-state index in [4.69, 9.17) is 0 Å². The predicted molar refractivity (Wildman–Crippen MR) is 53.0 cm³/mol. The minimum absolute atomic E-state index is 1.05. The van der Waals surface area contributed by atoms with Crippen LogP contribution in [-0.2, 0) is 0 Å². The van der Waals surface area contributed by atoms with Gasteiger partial charge in [0.2, 0.25) is 0 Å². The van der Waals surface area contributed by atoms with Crippen LogP contribution in [-0.4, -0.2) is 10.7 Å². The van der Waals surface area contributed by atoms with Gasteiger partial charge < -0.3 is 0 Å². The molecule has 1 aromatic rings. The molecule has 0 fully saturated rings. The number of hydrogen-bond acceptors (Lipinski definition) is 2. The van der Waals surface area contributed by atoms with E-state index in [-0.39, 0.29) is 0 Å². The topological polar surface area (TPSA) is 12.9 Å². The van der Waals surface area contributed by atoms with Crippen LogP contribution in [0.4, 0.5) is 0 Å². The highest BCUT2D eigenvalue weighted by molar-refractivity contribution is 9.10. The van der Waals surface area contributed by atoms with E-state index in [0.717, 1.165) is 10.2 Å². The molecular formula is C8H10BrNS. The van der Waals surface area contributed by atoms with Crippen molar-refractivity contribution in [3.05, 3.63) is 22.9 Å². The van der Waals surface area contributed by atoms with Crippen LogP contribution in [0.25, 0.3) is 0 Å². The second kappa shape index (κ2) is 4.78. The molecule has 0 aliphatic rings. The van der Waals surface area contributed by atoms with Gasteiger partial charge in [-0.15, -0.1) is 11.8 Å². The lowest BCUT2D eigenvalue weighted by Gasteiger charge is -1.97. The molecule has 0 saturated heterocycles. The van der Waals surface area contributed by atoms with E-state index in [9.17, 15) is 0 Å². The number of rotatable bonds is 3. The molecule has 0 radical (unpaired) electrons. The third kappa shape index (κ3) is 3.25. The van der Waals surface area contributed by atoms with Crippen molar-refractivity contribution in [2.24, 2.45) is 0 Å². The number of hydrogen-bond donors (Lipinski definition) is 0. The van der Waals surface area contributed by atoms with Gasteiger partial charge in [0, 0.05) is 21.8 Å². The SMILES string of the molecule is CCCSc1cncc(Br)c1. The monoisotopic (exact) mass is 231 g/mol. The molecule has 0 N–H and O–H groups in total. The highest BCUT2D eigenvalue weighted by atomic mass is 79.9. The Morgan fingerprint density at radius 3 is 3.00 bits per heavy atom. The molecule has 0 bridgehead atoms. The highest BCUT2D eigenvalue weighted by Gasteiger charge is 1.93. The summed E-state index contributed by atoms with van der Waals surface area (Å²) in [6.07, 6.45) is 4.90. The summed E-state index contributed by atoms with van der Waals surface area (Å²) in [5.74, 6) is 1.16. The molecule has 0 aromatic carbocycles. The van der Waals surface area contributed by atoms with Gasteiger partial charge >= 0.3 is 0 Å². The van der Waals surface area contributed by atoms with Gasteiger partial charge in [-0.2, -0.15) is 0 Å². The Hall–Kier alpha value is -0.0200. The molecule has 1 heterocycles. The summed E-state index contributed by atoms with van der Waals surface area (Å²) in [7, 11) is 0. The van der Waals surface area contributed by atoms with Crippen molar-refractivity contribution in [2.75, 3.05) is 5.75 Å². The number of nitrogens with zero attached hydrogens (tertiary/aromatic N) is 1. The van der Waals surface area contributed by atoms with Gasteiger partial charge in [-0.25, -0.2) is 0 Å². The fourth-order valence-corrected chi connectivity index (χ4v) is 1.99. The van der Waals surface area contributed by atoms with E-state index in [2.05, 4.69) is 33.9 Å². The van der Waals surface area contributed by atoms with E-state index in [1.54, 1.807) is 6.20 Å². The molecular weight excluding hydrogens is 222 g/mol. The number of halogens is 1. The second-order valence-electron chi connectivity index (χ2n) is 2.19. The van der Waals surface area contributed by atoms with Gasteiger partial charge in [0.25, 0.3) is 0 Å². The van der Waals surface area contributed by atoms with E-state index < -0.39 is 0 Å². The van der Waals surface area contributed by atoms with Crippen LogP contribution < -0.4 is 0 Å². The summed E-state index contributed by atoms with van der Waals surface area (Å²) < 4.78 is 1.05. The first kappa shape index (κ1) is 9.07. The molecule has 0 aliphatic carbocycles. The molecule has 0 amide bonds. The molecule has 0 aliphatic heterocycles. The van der Waals surface area contributed by atoms with Crippen molar-refractivity contribution in [3.63, 3.8) is 0 Å². The van der Waals surface area contributed by atoms with Crippen LogP contribution >= 0.6 is 27.7 Å². The molecule has 11 heavy (non-hydrogen) atoms. The lowest BCUT2D eigenvalue weighted by Crippen LogP contribution is -1.78. The molecule has 0 spiro atoms. The Balaban J connectivity index is 2.56. The summed E-state index contributed by atoms with van der Waals surface area (Å²) in [6.45, 7) is 2.18. The van der Waals surface area contributed by atoms with Gasteiger partial charge in [0.15, 0.2) is 0 Å². The normalized spacial score (nSPS) is 10.0. The van der Waals surface area contributed by atoms with Crippen LogP contribution in [0.1, 0.15) is 13.3 Å². The molecule has 0 saturated carbocycles. The zero-order chi connectivity index (χ0) is 8.10. The standard InChI is InChI=1S/C8H10BrNS/c1-2-3-11-8-4-7(9)5-10-6-8/h4-6H,2-3H2,1H3. The first-order valence-electron chi connectivity index (χ1n) is 3.56. The van der Waals surface area contributed by atoms with Crippen LogP contribution in [0, 0.1) is 0 Å². The number of aromatic nitrogens is 1. The lowest BCUT2D eigenvalue weighted by molar-refractivity contribution is 1.10. The van der Waals surface area contributed by atoms with Gasteiger partial charge in [-0.05, 0) is 34.2 Å². The molecule has 1 aromatic heterocycles. The van der Waals surface area contributed by atoms with Crippen molar-refractivity contribution < 1.29 is 0 Å². The van der Waals surface area contributed by atoms with Crippen LogP contribution in [0.5, 0.6) is 0 Å². The average molecular weight is 232 g/mol. The fourth-order valence-electron chi connectivity index (χ4n) is 0.691. The zero-order valence-electron chi connectivity index (χ0n) is 6.38.